The molecule has 1 N–H and O–H groups in total. The quantitative estimate of drug-likeness (QED) is 0.675. The third kappa shape index (κ3) is 5.96. The summed E-state index contributed by atoms with van der Waals surface area (Å²) in [6.07, 6.45) is 0.942. The summed E-state index contributed by atoms with van der Waals surface area (Å²) in [6, 6.07) is 9.38. The van der Waals surface area contributed by atoms with Gasteiger partial charge in [0.2, 0.25) is 5.88 Å². The second-order valence-electron chi connectivity index (χ2n) is 6.62. The van der Waals surface area contributed by atoms with Gasteiger partial charge in [-0.1, -0.05) is 19.9 Å². The first-order valence-corrected chi connectivity index (χ1v) is 9.07. The van der Waals surface area contributed by atoms with E-state index in [9.17, 15) is 4.79 Å². The van der Waals surface area contributed by atoms with Crippen molar-refractivity contribution in [1.82, 2.24) is 4.98 Å². The lowest BCUT2D eigenvalue weighted by molar-refractivity contribution is -0.122. The Bertz CT molecular complexity index is 762. The summed E-state index contributed by atoms with van der Waals surface area (Å²) < 4.78 is 16.3. The van der Waals surface area contributed by atoms with Crippen molar-refractivity contribution in [3.63, 3.8) is 0 Å². The number of carbonyl (C=O) groups excluding carboxylic acids is 1. The van der Waals surface area contributed by atoms with E-state index < -0.39 is 6.10 Å². The van der Waals surface area contributed by atoms with E-state index in [2.05, 4.69) is 24.1 Å². The van der Waals surface area contributed by atoms with Gasteiger partial charge in [0, 0.05) is 13.3 Å². The molecule has 27 heavy (non-hydrogen) atoms. The molecule has 0 radical (unpaired) electrons. The summed E-state index contributed by atoms with van der Waals surface area (Å²) in [4.78, 5) is 16.7. The highest BCUT2D eigenvalue weighted by Gasteiger charge is 2.18. The minimum atomic E-state index is -0.665. The van der Waals surface area contributed by atoms with E-state index >= 15 is 0 Å². The van der Waals surface area contributed by atoms with Crippen molar-refractivity contribution in [2.45, 2.75) is 39.7 Å². The van der Waals surface area contributed by atoms with Gasteiger partial charge in [-0.05, 0) is 55.2 Å². The normalized spacial score (nSPS) is 11.9. The third-order valence-corrected chi connectivity index (χ3v) is 4.10. The van der Waals surface area contributed by atoms with Crippen LogP contribution in [-0.4, -0.2) is 37.3 Å². The van der Waals surface area contributed by atoms with Crippen molar-refractivity contribution in [3.8, 4) is 11.6 Å². The number of amides is 1. The number of aryl methyl sites for hydroxylation is 1. The molecule has 1 atom stereocenters. The number of nitrogens with zero attached hydrogens (tertiary/aromatic N) is 1. The maximum absolute atomic E-state index is 12.5. The van der Waals surface area contributed by atoms with Gasteiger partial charge in [0.25, 0.3) is 5.91 Å². The first-order chi connectivity index (χ1) is 12.9. The molecule has 2 rings (SSSR count). The molecule has 146 valence electrons. The molecule has 1 aromatic carbocycles. The van der Waals surface area contributed by atoms with Gasteiger partial charge in [0.1, 0.15) is 18.0 Å². The third-order valence-electron chi connectivity index (χ3n) is 4.10. The molecule has 1 heterocycles. The Hall–Kier alpha value is -2.60. The minimum Gasteiger partial charge on any atom is -0.481 e. The van der Waals surface area contributed by atoms with E-state index in [4.69, 9.17) is 14.2 Å². The van der Waals surface area contributed by atoms with Gasteiger partial charge in [0.05, 0.1) is 6.61 Å². The Morgan fingerprint density at radius 1 is 1.19 bits per heavy atom. The van der Waals surface area contributed by atoms with Gasteiger partial charge < -0.3 is 19.5 Å². The Labute approximate surface area is 160 Å². The van der Waals surface area contributed by atoms with E-state index in [1.54, 1.807) is 32.4 Å². The second kappa shape index (κ2) is 9.92. The van der Waals surface area contributed by atoms with Crippen LogP contribution in [-0.2, 0) is 9.53 Å². The summed E-state index contributed by atoms with van der Waals surface area (Å²) in [5, 5.41) is 2.81. The van der Waals surface area contributed by atoms with Crippen molar-refractivity contribution in [3.05, 3.63) is 47.7 Å². The van der Waals surface area contributed by atoms with Crippen LogP contribution >= 0.6 is 0 Å². The molecular formula is C21H28N2O4. The van der Waals surface area contributed by atoms with Crippen LogP contribution in [0.3, 0.4) is 0 Å². The molecule has 0 aliphatic rings. The van der Waals surface area contributed by atoms with Crippen LogP contribution in [0, 0.1) is 6.92 Å². The van der Waals surface area contributed by atoms with E-state index in [-0.39, 0.29) is 5.91 Å². The van der Waals surface area contributed by atoms with Crippen molar-refractivity contribution >= 4 is 11.6 Å². The van der Waals surface area contributed by atoms with Crippen LogP contribution < -0.4 is 14.8 Å². The fourth-order valence-corrected chi connectivity index (χ4v) is 2.68. The SMILES string of the molecule is COCCOc1ncccc1NC(=O)C(C)Oc1ccc(C(C)C)c(C)c1. The van der Waals surface area contributed by atoms with E-state index in [0.29, 0.717) is 36.4 Å². The van der Waals surface area contributed by atoms with Gasteiger partial charge in [-0.15, -0.1) is 0 Å². The maximum Gasteiger partial charge on any atom is 0.265 e. The van der Waals surface area contributed by atoms with E-state index in [0.717, 1.165) is 5.56 Å². The largest absolute Gasteiger partial charge is 0.481 e. The summed E-state index contributed by atoms with van der Waals surface area (Å²) in [7, 11) is 1.60. The van der Waals surface area contributed by atoms with Gasteiger partial charge in [0.15, 0.2) is 6.10 Å². The molecule has 0 saturated heterocycles. The van der Waals surface area contributed by atoms with Crippen LogP contribution in [0.25, 0.3) is 0 Å². The highest BCUT2D eigenvalue weighted by Crippen LogP contribution is 2.25. The monoisotopic (exact) mass is 372 g/mol. The molecule has 1 aromatic heterocycles. The number of benzene rings is 1. The number of methoxy groups -OCH3 is 1. The molecule has 2 aromatic rings. The zero-order chi connectivity index (χ0) is 19.8. The zero-order valence-electron chi connectivity index (χ0n) is 16.6. The number of carbonyl (C=O) groups is 1. The number of rotatable bonds is 9. The fraction of sp³-hybridized carbons (Fsp3) is 0.429. The lowest BCUT2D eigenvalue weighted by Crippen LogP contribution is -2.30. The Morgan fingerprint density at radius 2 is 1.96 bits per heavy atom. The summed E-state index contributed by atoms with van der Waals surface area (Å²) in [5.41, 5.74) is 2.92. The topological polar surface area (TPSA) is 69.7 Å². The molecular weight excluding hydrogens is 344 g/mol. The second-order valence-corrected chi connectivity index (χ2v) is 6.62. The molecule has 6 nitrogen and oxygen atoms in total. The molecule has 1 unspecified atom stereocenters. The number of aromatic nitrogens is 1. The summed E-state index contributed by atoms with van der Waals surface area (Å²) >= 11 is 0. The fourth-order valence-electron chi connectivity index (χ4n) is 2.68. The highest BCUT2D eigenvalue weighted by atomic mass is 16.5. The molecule has 0 aliphatic carbocycles. The number of hydrogen-bond acceptors (Lipinski definition) is 5. The van der Waals surface area contributed by atoms with Gasteiger partial charge >= 0.3 is 0 Å². The van der Waals surface area contributed by atoms with Crippen LogP contribution in [0.15, 0.2) is 36.5 Å². The predicted molar refractivity (Wildman–Crippen MR) is 106 cm³/mol. The molecule has 1 amide bonds. The minimum absolute atomic E-state index is 0.273. The van der Waals surface area contributed by atoms with Crippen molar-refractivity contribution in [2.24, 2.45) is 0 Å². The highest BCUT2D eigenvalue weighted by molar-refractivity contribution is 5.95. The van der Waals surface area contributed by atoms with Gasteiger partial charge in [-0.3, -0.25) is 4.79 Å². The van der Waals surface area contributed by atoms with E-state index in [1.807, 2.05) is 25.1 Å². The van der Waals surface area contributed by atoms with E-state index in [1.165, 1.54) is 5.56 Å². The average Bonchev–Trinajstić information content (AvgIpc) is 2.63. The standard InChI is InChI=1S/C21H28N2O4/c1-14(2)18-9-8-17(13-15(18)3)27-16(4)20(24)23-19-7-6-10-22-21(19)26-12-11-25-5/h6-10,13-14,16H,11-12H2,1-5H3,(H,23,24). The Kier molecular flexibility index (Phi) is 7.61. The van der Waals surface area contributed by atoms with Crippen molar-refractivity contribution in [2.75, 3.05) is 25.6 Å². The first-order valence-electron chi connectivity index (χ1n) is 9.07. The molecule has 0 saturated carbocycles. The number of hydrogen-bond donors (Lipinski definition) is 1. The van der Waals surface area contributed by atoms with Crippen LogP contribution in [0.4, 0.5) is 5.69 Å². The van der Waals surface area contributed by atoms with Crippen molar-refractivity contribution in [1.29, 1.82) is 0 Å². The molecule has 0 spiro atoms. The first kappa shape index (κ1) is 20.7. The maximum atomic E-state index is 12.5. The smallest absolute Gasteiger partial charge is 0.265 e. The number of anilines is 1. The number of ether oxygens (including phenoxy) is 3. The molecule has 0 bridgehead atoms. The Morgan fingerprint density at radius 3 is 2.63 bits per heavy atom. The lowest BCUT2D eigenvalue weighted by Gasteiger charge is -2.17. The Balaban J connectivity index is 2.01. The average molecular weight is 372 g/mol. The number of pyridine rings is 1. The molecule has 0 fully saturated rings. The predicted octanol–water partition coefficient (Wildman–Crippen LogP) is 3.94. The van der Waals surface area contributed by atoms with Crippen LogP contribution in [0.5, 0.6) is 11.6 Å². The summed E-state index contributed by atoms with van der Waals surface area (Å²) in [5.74, 6) is 1.20. The van der Waals surface area contributed by atoms with Gasteiger partial charge in [-0.2, -0.15) is 0 Å². The van der Waals surface area contributed by atoms with Crippen LogP contribution in [0.2, 0.25) is 0 Å². The summed E-state index contributed by atoms with van der Waals surface area (Å²) in [6.45, 7) is 8.85. The number of nitrogens with one attached hydrogen (secondary N) is 1. The molecule has 6 heteroatoms. The van der Waals surface area contributed by atoms with Crippen LogP contribution in [0.1, 0.15) is 37.8 Å². The van der Waals surface area contributed by atoms with Gasteiger partial charge in [-0.25, -0.2) is 4.98 Å². The zero-order valence-corrected chi connectivity index (χ0v) is 16.6. The lowest BCUT2D eigenvalue weighted by atomic mass is 9.98. The van der Waals surface area contributed by atoms with Crippen molar-refractivity contribution < 1.29 is 19.0 Å². The molecule has 0 aliphatic heterocycles.